The normalized spacial score (nSPS) is 10.1. The van der Waals surface area contributed by atoms with Crippen LogP contribution in [-0.2, 0) is 22.4 Å². The molecule has 0 aromatic heterocycles. The van der Waals surface area contributed by atoms with Crippen LogP contribution in [0.5, 0.6) is 0 Å². The number of hydrogen-bond acceptors (Lipinski definition) is 2. The molecule has 4 heteroatoms. The largest absolute Gasteiger partial charge is 0.369 e. The second kappa shape index (κ2) is 7.24. The summed E-state index contributed by atoms with van der Waals surface area (Å²) in [6.07, 6.45) is 1.20. The summed E-state index contributed by atoms with van der Waals surface area (Å²) in [6.45, 7) is 0. The molecule has 4 nitrogen and oxygen atoms in total. The van der Waals surface area contributed by atoms with Crippen molar-refractivity contribution in [1.82, 2.24) is 0 Å². The van der Waals surface area contributed by atoms with Crippen molar-refractivity contribution >= 4 is 17.5 Å². The summed E-state index contributed by atoms with van der Waals surface area (Å²) in [4.78, 5) is 23.0. The first-order chi connectivity index (χ1) is 10.1. The third-order valence-electron chi connectivity index (χ3n) is 3.14. The highest BCUT2D eigenvalue weighted by atomic mass is 16.2. The molecule has 2 amide bonds. The molecule has 0 heterocycles. The lowest BCUT2D eigenvalue weighted by molar-refractivity contribution is -0.118. The van der Waals surface area contributed by atoms with Crippen LogP contribution in [0.3, 0.4) is 0 Å². The minimum atomic E-state index is -0.416. The summed E-state index contributed by atoms with van der Waals surface area (Å²) in [7, 11) is 0. The summed E-state index contributed by atoms with van der Waals surface area (Å²) in [5, 5.41) is 2.84. The molecule has 2 rings (SSSR count). The topological polar surface area (TPSA) is 72.2 Å². The number of para-hydroxylation sites is 1. The maximum atomic E-state index is 12.0. The number of primary amides is 1. The van der Waals surface area contributed by atoms with Gasteiger partial charge in [-0.15, -0.1) is 0 Å². The molecule has 0 aliphatic rings. The Bertz CT molecular complexity index is 624. The fourth-order valence-corrected chi connectivity index (χ4v) is 2.10. The summed E-state index contributed by atoms with van der Waals surface area (Å²) < 4.78 is 0. The first kappa shape index (κ1) is 14.8. The van der Waals surface area contributed by atoms with Crippen molar-refractivity contribution < 1.29 is 9.59 Å². The smallest absolute Gasteiger partial charge is 0.224 e. The van der Waals surface area contributed by atoms with Crippen molar-refractivity contribution in [2.24, 2.45) is 5.73 Å². The van der Waals surface area contributed by atoms with E-state index in [-0.39, 0.29) is 12.3 Å². The van der Waals surface area contributed by atoms with E-state index in [1.165, 1.54) is 0 Å². The van der Waals surface area contributed by atoms with Crippen LogP contribution in [0.1, 0.15) is 17.5 Å². The first-order valence-electron chi connectivity index (χ1n) is 6.85. The molecule has 0 saturated carbocycles. The summed E-state index contributed by atoms with van der Waals surface area (Å²) >= 11 is 0. The monoisotopic (exact) mass is 282 g/mol. The lowest BCUT2D eigenvalue weighted by Crippen LogP contribution is -2.17. The Morgan fingerprint density at radius 1 is 0.952 bits per heavy atom. The quantitative estimate of drug-likeness (QED) is 0.853. The van der Waals surface area contributed by atoms with E-state index in [4.69, 9.17) is 5.73 Å². The van der Waals surface area contributed by atoms with Crippen molar-refractivity contribution in [3.05, 3.63) is 65.7 Å². The number of benzene rings is 2. The first-order valence-corrected chi connectivity index (χ1v) is 6.85. The van der Waals surface area contributed by atoms with Gasteiger partial charge in [0.1, 0.15) is 0 Å². The van der Waals surface area contributed by atoms with Crippen LogP contribution < -0.4 is 11.1 Å². The number of rotatable bonds is 6. The van der Waals surface area contributed by atoms with E-state index in [0.29, 0.717) is 18.5 Å². The standard InChI is InChI=1S/C17H18N2O2/c18-16(20)12-14-8-4-5-9-15(14)19-17(21)11-10-13-6-2-1-3-7-13/h1-9H,10-12H2,(H2,18,20)(H,19,21). The SMILES string of the molecule is NC(=O)Cc1ccccc1NC(=O)CCc1ccccc1. The van der Waals surface area contributed by atoms with Crippen LogP contribution in [0.25, 0.3) is 0 Å². The summed E-state index contributed by atoms with van der Waals surface area (Å²) in [5.74, 6) is -0.489. The molecule has 0 spiro atoms. The molecule has 0 bridgehead atoms. The van der Waals surface area contributed by atoms with Crippen LogP contribution in [0, 0.1) is 0 Å². The zero-order valence-electron chi connectivity index (χ0n) is 11.7. The molecule has 0 unspecified atom stereocenters. The highest BCUT2D eigenvalue weighted by molar-refractivity contribution is 5.92. The Morgan fingerprint density at radius 3 is 2.33 bits per heavy atom. The van der Waals surface area contributed by atoms with Crippen LogP contribution in [-0.4, -0.2) is 11.8 Å². The van der Waals surface area contributed by atoms with Gasteiger partial charge in [-0.05, 0) is 23.6 Å². The highest BCUT2D eigenvalue weighted by Gasteiger charge is 2.08. The summed E-state index contributed by atoms with van der Waals surface area (Å²) in [5.41, 5.74) is 7.71. The number of nitrogens with two attached hydrogens (primary N) is 1. The fraction of sp³-hybridized carbons (Fsp3) is 0.176. The molecule has 2 aromatic carbocycles. The van der Waals surface area contributed by atoms with E-state index in [9.17, 15) is 9.59 Å². The van der Waals surface area contributed by atoms with Gasteiger partial charge in [-0.25, -0.2) is 0 Å². The number of nitrogens with one attached hydrogen (secondary N) is 1. The van der Waals surface area contributed by atoms with E-state index in [2.05, 4.69) is 5.32 Å². The number of amides is 2. The number of aryl methyl sites for hydroxylation is 1. The van der Waals surface area contributed by atoms with E-state index < -0.39 is 5.91 Å². The van der Waals surface area contributed by atoms with Crippen LogP contribution >= 0.6 is 0 Å². The molecule has 0 radical (unpaired) electrons. The second-order valence-corrected chi connectivity index (χ2v) is 4.83. The molecule has 0 atom stereocenters. The predicted octanol–water partition coefficient (Wildman–Crippen LogP) is 2.29. The van der Waals surface area contributed by atoms with E-state index in [0.717, 1.165) is 11.1 Å². The van der Waals surface area contributed by atoms with Gasteiger partial charge in [-0.3, -0.25) is 9.59 Å². The average Bonchev–Trinajstić information content (AvgIpc) is 2.48. The number of carbonyl (C=O) groups excluding carboxylic acids is 2. The van der Waals surface area contributed by atoms with Gasteiger partial charge in [-0.2, -0.15) is 0 Å². The van der Waals surface area contributed by atoms with Crippen molar-refractivity contribution in [3.8, 4) is 0 Å². The maximum absolute atomic E-state index is 12.0. The molecular weight excluding hydrogens is 264 g/mol. The van der Waals surface area contributed by atoms with Crippen molar-refractivity contribution in [1.29, 1.82) is 0 Å². The van der Waals surface area contributed by atoms with Crippen molar-refractivity contribution in [2.45, 2.75) is 19.3 Å². The predicted molar refractivity (Wildman–Crippen MR) is 82.7 cm³/mol. The van der Waals surface area contributed by atoms with Gasteiger partial charge in [0.25, 0.3) is 0 Å². The van der Waals surface area contributed by atoms with Gasteiger partial charge in [0.05, 0.1) is 6.42 Å². The second-order valence-electron chi connectivity index (χ2n) is 4.83. The lowest BCUT2D eigenvalue weighted by Gasteiger charge is -2.10. The molecule has 0 fully saturated rings. The van der Waals surface area contributed by atoms with Crippen molar-refractivity contribution in [2.75, 3.05) is 5.32 Å². The van der Waals surface area contributed by atoms with Crippen LogP contribution in [0.2, 0.25) is 0 Å². The van der Waals surface area contributed by atoms with Gasteiger partial charge in [0.15, 0.2) is 0 Å². The molecule has 21 heavy (non-hydrogen) atoms. The zero-order valence-corrected chi connectivity index (χ0v) is 11.7. The van der Waals surface area contributed by atoms with Crippen LogP contribution in [0.15, 0.2) is 54.6 Å². The van der Waals surface area contributed by atoms with Crippen molar-refractivity contribution in [3.63, 3.8) is 0 Å². The molecular formula is C17H18N2O2. The van der Waals surface area contributed by atoms with E-state index >= 15 is 0 Å². The van der Waals surface area contributed by atoms with Gasteiger partial charge in [-0.1, -0.05) is 48.5 Å². The molecule has 108 valence electrons. The molecule has 3 N–H and O–H groups in total. The number of carbonyl (C=O) groups is 2. The Hall–Kier alpha value is -2.62. The molecule has 0 aliphatic carbocycles. The molecule has 0 aliphatic heterocycles. The third kappa shape index (κ3) is 4.76. The van der Waals surface area contributed by atoms with Gasteiger partial charge in [0.2, 0.25) is 11.8 Å². The molecule has 0 saturated heterocycles. The van der Waals surface area contributed by atoms with Gasteiger partial charge < -0.3 is 11.1 Å². The fourth-order valence-electron chi connectivity index (χ4n) is 2.10. The minimum Gasteiger partial charge on any atom is -0.369 e. The Labute approximate surface area is 124 Å². The minimum absolute atomic E-state index is 0.0734. The zero-order chi connectivity index (χ0) is 15.1. The number of anilines is 1. The maximum Gasteiger partial charge on any atom is 0.224 e. The van der Waals surface area contributed by atoms with E-state index in [1.54, 1.807) is 12.1 Å². The lowest BCUT2D eigenvalue weighted by atomic mass is 10.1. The summed E-state index contributed by atoms with van der Waals surface area (Å²) in [6, 6.07) is 17.0. The molecule has 2 aromatic rings. The Kier molecular flexibility index (Phi) is 5.10. The van der Waals surface area contributed by atoms with E-state index in [1.807, 2.05) is 42.5 Å². The number of hydrogen-bond donors (Lipinski definition) is 2. The van der Waals surface area contributed by atoms with Gasteiger partial charge in [0, 0.05) is 12.1 Å². The average molecular weight is 282 g/mol. The Balaban J connectivity index is 1.95. The van der Waals surface area contributed by atoms with Crippen LogP contribution in [0.4, 0.5) is 5.69 Å². The van der Waals surface area contributed by atoms with Gasteiger partial charge >= 0.3 is 0 Å². The third-order valence-corrected chi connectivity index (χ3v) is 3.14. The Morgan fingerprint density at radius 2 is 1.62 bits per heavy atom. The highest BCUT2D eigenvalue weighted by Crippen LogP contribution is 2.16.